The minimum absolute atomic E-state index is 0.0341. The molecule has 4 rings (SSSR count). The topological polar surface area (TPSA) is 36.4 Å². The number of halogens is 2. The van der Waals surface area contributed by atoms with Crippen molar-refractivity contribution in [3.05, 3.63) is 64.7 Å². The van der Waals surface area contributed by atoms with Crippen LogP contribution in [0.25, 0.3) is 0 Å². The zero-order valence-corrected chi connectivity index (χ0v) is 16.0. The van der Waals surface area contributed by atoms with Crippen molar-refractivity contribution in [3.8, 4) is 0 Å². The standard InChI is InChI=1S/C21H23ClFN3O/c22-19-12-17(6-9-24-19)20(27)26-11-8-21(15-26)7-1-10-25(14-21)13-16-2-4-18(23)5-3-16/h2-6,9,12H,1,7-8,10-11,13-15H2. The number of piperidine rings is 1. The highest BCUT2D eigenvalue weighted by atomic mass is 35.5. The van der Waals surface area contributed by atoms with Gasteiger partial charge in [0.1, 0.15) is 11.0 Å². The van der Waals surface area contributed by atoms with Crippen molar-refractivity contribution in [1.82, 2.24) is 14.8 Å². The lowest BCUT2D eigenvalue weighted by atomic mass is 9.79. The molecule has 1 spiro atoms. The molecule has 2 aromatic rings. The van der Waals surface area contributed by atoms with E-state index in [4.69, 9.17) is 11.6 Å². The molecule has 1 atom stereocenters. The van der Waals surface area contributed by atoms with Crippen LogP contribution in [0.3, 0.4) is 0 Å². The van der Waals surface area contributed by atoms with E-state index in [1.54, 1.807) is 18.3 Å². The van der Waals surface area contributed by atoms with Crippen LogP contribution in [0.4, 0.5) is 4.39 Å². The lowest BCUT2D eigenvalue weighted by molar-refractivity contribution is 0.0675. The highest BCUT2D eigenvalue weighted by Gasteiger charge is 2.42. The molecule has 2 aliphatic heterocycles. The molecule has 6 heteroatoms. The summed E-state index contributed by atoms with van der Waals surface area (Å²) in [4.78, 5) is 21.2. The molecule has 0 aliphatic carbocycles. The zero-order valence-electron chi connectivity index (χ0n) is 15.2. The van der Waals surface area contributed by atoms with E-state index in [1.807, 2.05) is 17.0 Å². The second-order valence-electron chi connectivity index (χ2n) is 7.78. The first-order chi connectivity index (χ1) is 13.0. The third-order valence-corrected chi connectivity index (χ3v) is 5.97. The van der Waals surface area contributed by atoms with Crippen LogP contribution in [0.5, 0.6) is 0 Å². The Labute approximate surface area is 163 Å². The maximum Gasteiger partial charge on any atom is 0.254 e. The van der Waals surface area contributed by atoms with Gasteiger partial charge < -0.3 is 4.90 Å². The minimum atomic E-state index is -0.199. The van der Waals surface area contributed by atoms with E-state index in [2.05, 4.69) is 9.88 Å². The number of pyridine rings is 1. The number of carbonyl (C=O) groups excluding carboxylic acids is 1. The van der Waals surface area contributed by atoms with Gasteiger partial charge in [0.2, 0.25) is 0 Å². The molecule has 0 radical (unpaired) electrons. The molecular formula is C21H23ClFN3O. The summed E-state index contributed by atoms with van der Waals surface area (Å²) in [5.74, 6) is -0.165. The van der Waals surface area contributed by atoms with Crippen molar-refractivity contribution in [3.63, 3.8) is 0 Å². The first-order valence-corrected chi connectivity index (χ1v) is 9.79. The molecule has 1 amide bonds. The predicted molar refractivity (Wildman–Crippen MR) is 103 cm³/mol. The van der Waals surface area contributed by atoms with Crippen LogP contribution >= 0.6 is 11.6 Å². The van der Waals surface area contributed by atoms with Crippen LogP contribution in [0.1, 0.15) is 35.2 Å². The zero-order chi connectivity index (χ0) is 18.9. The maximum absolute atomic E-state index is 13.1. The van der Waals surface area contributed by atoms with Crippen LogP contribution < -0.4 is 0 Å². The van der Waals surface area contributed by atoms with Gasteiger partial charge >= 0.3 is 0 Å². The SMILES string of the molecule is O=C(c1ccnc(Cl)c1)N1CCC2(CCCN(Cc3ccc(F)cc3)C2)C1. The lowest BCUT2D eigenvalue weighted by Crippen LogP contribution is -2.45. The van der Waals surface area contributed by atoms with Gasteiger partial charge in [-0.2, -0.15) is 0 Å². The summed E-state index contributed by atoms with van der Waals surface area (Å²) in [5, 5.41) is 0.345. The Hall–Kier alpha value is -1.98. The summed E-state index contributed by atoms with van der Waals surface area (Å²) in [5.41, 5.74) is 1.89. The summed E-state index contributed by atoms with van der Waals surface area (Å²) in [7, 11) is 0. The fourth-order valence-corrected chi connectivity index (χ4v) is 4.63. The molecule has 3 heterocycles. The van der Waals surface area contributed by atoms with Crippen LogP contribution in [0.15, 0.2) is 42.6 Å². The van der Waals surface area contributed by atoms with Crippen molar-refractivity contribution in [1.29, 1.82) is 0 Å². The maximum atomic E-state index is 13.1. The first-order valence-electron chi connectivity index (χ1n) is 9.41. The van der Waals surface area contributed by atoms with Crippen LogP contribution in [0.2, 0.25) is 5.15 Å². The number of hydrogen-bond acceptors (Lipinski definition) is 3. The van der Waals surface area contributed by atoms with E-state index in [0.29, 0.717) is 10.7 Å². The van der Waals surface area contributed by atoms with Crippen molar-refractivity contribution < 1.29 is 9.18 Å². The Balaban J connectivity index is 1.41. The highest BCUT2D eigenvalue weighted by Crippen LogP contribution is 2.39. The van der Waals surface area contributed by atoms with Crippen molar-refractivity contribution in [2.24, 2.45) is 5.41 Å². The molecule has 1 aromatic carbocycles. The van der Waals surface area contributed by atoms with Crippen LogP contribution in [-0.4, -0.2) is 46.9 Å². The Morgan fingerprint density at radius 1 is 1.15 bits per heavy atom. The Bertz CT molecular complexity index is 828. The van der Waals surface area contributed by atoms with Gasteiger partial charge in [0.05, 0.1) is 0 Å². The van der Waals surface area contributed by atoms with Gasteiger partial charge in [0, 0.05) is 43.4 Å². The number of carbonyl (C=O) groups is 1. The molecule has 0 N–H and O–H groups in total. The van der Waals surface area contributed by atoms with Gasteiger partial charge in [0.25, 0.3) is 5.91 Å². The second-order valence-corrected chi connectivity index (χ2v) is 8.17. The highest BCUT2D eigenvalue weighted by molar-refractivity contribution is 6.29. The monoisotopic (exact) mass is 387 g/mol. The molecular weight excluding hydrogens is 365 g/mol. The van der Waals surface area contributed by atoms with Gasteiger partial charge in [-0.15, -0.1) is 0 Å². The summed E-state index contributed by atoms with van der Waals surface area (Å²) < 4.78 is 13.1. The Kier molecular flexibility index (Phi) is 5.15. The molecule has 1 unspecified atom stereocenters. The van der Waals surface area contributed by atoms with Crippen LogP contribution in [-0.2, 0) is 6.54 Å². The van der Waals surface area contributed by atoms with E-state index in [1.165, 1.54) is 12.1 Å². The average Bonchev–Trinajstić information content (AvgIpc) is 3.06. The predicted octanol–water partition coefficient (Wildman–Crippen LogP) is 4.00. The van der Waals surface area contributed by atoms with E-state index in [0.717, 1.165) is 57.5 Å². The largest absolute Gasteiger partial charge is 0.338 e. The average molecular weight is 388 g/mol. The molecule has 1 aromatic heterocycles. The lowest BCUT2D eigenvalue weighted by Gasteiger charge is -2.40. The molecule has 2 saturated heterocycles. The molecule has 2 aliphatic rings. The number of benzene rings is 1. The van der Waals surface area contributed by atoms with Crippen molar-refractivity contribution >= 4 is 17.5 Å². The number of amides is 1. The van der Waals surface area contributed by atoms with Crippen molar-refractivity contribution in [2.75, 3.05) is 26.2 Å². The Morgan fingerprint density at radius 3 is 2.74 bits per heavy atom. The minimum Gasteiger partial charge on any atom is -0.338 e. The fraction of sp³-hybridized carbons (Fsp3) is 0.429. The summed E-state index contributed by atoms with van der Waals surface area (Å²) >= 11 is 5.93. The number of nitrogens with zero attached hydrogens (tertiary/aromatic N) is 3. The molecule has 0 saturated carbocycles. The van der Waals surface area contributed by atoms with E-state index in [9.17, 15) is 9.18 Å². The molecule has 27 heavy (non-hydrogen) atoms. The van der Waals surface area contributed by atoms with E-state index >= 15 is 0 Å². The fourth-order valence-electron chi connectivity index (χ4n) is 4.45. The number of likely N-dealkylation sites (tertiary alicyclic amines) is 2. The molecule has 4 nitrogen and oxygen atoms in total. The third kappa shape index (κ3) is 4.14. The first kappa shape index (κ1) is 18.4. The molecule has 0 bridgehead atoms. The normalized spacial score (nSPS) is 23.1. The van der Waals surface area contributed by atoms with Gasteiger partial charge in [-0.05, 0) is 55.6 Å². The van der Waals surface area contributed by atoms with Gasteiger partial charge in [-0.3, -0.25) is 9.69 Å². The van der Waals surface area contributed by atoms with Gasteiger partial charge in [0.15, 0.2) is 0 Å². The summed E-state index contributed by atoms with van der Waals surface area (Å²) in [6.07, 6.45) is 4.88. The second kappa shape index (κ2) is 7.56. The van der Waals surface area contributed by atoms with E-state index in [-0.39, 0.29) is 17.1 Å². The van der Waals surface area contributed by atoms with Crippen LogP contribution in [0, 0.1) is 11.2 Å². The summed E-state index contributed by atoms with van der Waals surface area (Å²) in [6.45, 7) is 4.42. The number of hydrogen-bond donors (Lipinski definition) is 0. The molecule has 2 fully saturated rings. The number of rotatable bonds is 3. The van der Waals surface area contributed by atoms with Gasteiger partial charge in [-0.1, -0.05) is 23.7 Å². The van der Waals surface area contributed by atoms with Gasteiger partial charge in [-0.25, -0.2) is 9.37 Å². The smallest absolute Gasteiger partial charge is 0.254 e. The number of aromatic nitrogens is 1. The third-order valence-electron chi connectivity index (χ3n) is 5.76. The Morgan fingerprint density at radius 2 is 1.96 bits per heavy atom. The summed E-state index contributed by atoms with van der Waals surface area (Å²) in [6, 6.07) is 10.1. The van der Waals surface area contributed by atoms with E-state index < -0.39 is 0 Å². The van der Waals surface area contributed by atoms with Crippen molar-refractivity contribution in [2.45, 2.75) is 25.8 Å². The quantitative estimate of drug-likeness (QED) is 0.747. The molecule has 142 valence electrons.